The van der Waals surface area contributed by atoms with Crippen LogP contribution in [0.4, 0.5) is 11.4 Å². The minimum Gasteiger partial charge on any atom is -0.497 e. The van der Waals surface area contributed by atoms with Gasteiger partial charge in [-0.3, -0.25) is 9.59 Å². The van der Waals surface area contributed by atoms with Gasteiger partial charge in [0.05, 0.1) is 13.0 Å². The molecule has 1 aliphatic rings. The number of ether oxygens (including phenoxy) is 1. The molecule has 0 saturated carbocycles. The molecule has 0 aliphatic carbocycles. The molecule has 0 N–H and O–H groups in total. The third-order valence-corrected chi connectivity index (χ3v) is 4.73. The highest BCUT2D eigenvalue weighted by molar-refractivity contribution is 6.04. The Labute approximate surface area is 154 Å². The summed E-state index contributed by atoms with van der Waals surface area (Å²) >= 11 is 0. The maximum atomic E-state index is 13.1. The van der Waals surface area contributed by atoms with Gasteiger partial charge in [-0.05, 0) is 43.7 Å². The van der Waals surface area contributed by atoms with Crippen LogP contribution in [-0.2, 0) is 9.59 Å². The van der Waals surface area contributed by atoms with Crippen LogP contribution in [0.25, 0.3) is 0 Å². The molecule has 1 atom stereocenters. The molecule has 2 aromatic carbocycles. The molecule has 5 heteroatoms. The number of rotatable bonds is 5. The van der Waals surface area contributed by atoms with E-state index in [2.05, 4.69) is 0 Å². The molecule has 0 spiro atoms. The van der Waals surface area contributed by atoms with E-state index in [1.54, 1.807) is 16.9 Å². The summed E-state index contributed by atoms with van der Waals surface area (Å²) in [5.41, 5.74) is 2.75. The fourth-order valence-corrected chi connectivity index (χ4v) is 3.38. The van der Waals surface area contributed by atoms with E-state index in [1.807, 2.05) is 62.4 Å². The first kappa shape index (κ1) is 18.0. The Hall–Kier alpha value is -2.82. The van der Waals surface area contributed by atoms with E-state index < -0.39 is 0 Å². The molecule has 1 aliphatic heterocycles. The molecule has 0 aromatic heterocycles. The Morgan fingerprint density at radius 1 is 1.23 bits per heavy atom. The van der Waals surface area contributed by atoms with Crippen LogP contribution in [0.15, 0.2) is 48.5 Å². The first-order chi connectivity index (χ1) is 12.5. The van der Waals surface area contributed by atoms with Crippen molar-refractivity contribution in [3.05, 3.63) is 54.1 Å². The van der Waals surface area contributed by atoms with Crippen LogP contribution in [0, 0.1) is 12.8 Å². The van der Waals surface area contributed by atoms with Gasteiger partial charge in [-0.1, -0.05) is 18.2 Å². The second-order valence-electron chi connectivity index (χ2n) is 6.53. The predicted molar refractivity (Wildman–Crippen MR) is 103 cm³/mol. The highest BCUT2D eigenvalue weighted by Crippen LogP contribution is 2.30. The topological polar surface area (TPSA) is 49.9 Å². The summed E-state index contributed by atoms with van der Waals surface area (Å²) in [6, 6.07) is 15.3. The molecule has 3 rings (SSSR count). The van der Waals surface area contributed by atoms with Crippen LogP contribution in [0.5, 0.6) is 5.75 Å². The van der Waals surface area contributed by atoms with Crippen molar-refractivity contribution in [1.29, 1.82) is 0 Å². The SMILES string of the molecule is CCN(C(=O)C1CC(=O)N(c2cccc(OC)c2)C1)c1cccc(C)c1. The quantitative estimate of drug-likeness (QED) is 0.829. The minimum atomic E-state index is -0.339. The molecule has 5 nitrogen and oxygen atoms in total. The van der Waals surface area contributed by atoms with Gasteiger partial charge in [0.15, 0.2) is 0 Å². The van der Waals surface area contributed by atoms with Gasteiger partial charge in [0.2, 0.25) is 11.8 Å². The Kier molecular flexibility index (Phi) is 5.26. The lowest BCUT2D eigenvalue weighted by Gasteiger charge is -2.25. The summed E-state index contributed by atoms with van der Waals surface area (Å²) in [5.74, 6) is 0.322. The largest absolute Gasteiger partial charge is 0.497 e. The summed E-state index contributed by atoms with van der Waals surface area (Å²) in [6.45, 7) is 4.93. The smallest absolute Gasteiger partial charge is 0.232 e. The average Bonchev–Trinajstić information content (AvgIpc) is 3.04. The van der Waals surface area contributed by atoms with Gasteiger partial charge in [-0.2, -0.15) is 0 Å². The van der Waals surface area contributed by atoms with Crippen LogP contribution in [-0.4, -0.2) is 32.0 Å². The van der Waals surface area contributed by atoms with Gasteiger partial charge in [0, 0.05) is 37.0 Å². The Balaban J connectivity index is 1.79. The number of carbonyl (C=O) groups excluding carboxylic acids is 2. The monoisotopic (exact) mass is 352 g/mol. The van der Waals surface area contributed by atoms with E-state index in [0.717, 1.165) is 16.9 Å². The third kappa shape index (κ3) is 3.57. The van der Waals surface area contributed by atoms with E-state index in [4.69, 9.17) is 4.74 Å². The molecule has 1 fully saturated rings. The third-order valence-electron chi connectivity index (χ3n) is 4.73. The van der Waals surface area contributed by atoms with E-state index in [9.17, 15) is 9.59 Å². The van der Waals surface area contributed by atoms with Crippen LogP contribution in [0.3, 0.4) is 0 Å². The van der Waals surface area contributed by atoms with Crippen molar-refractivity contribution in [2.24, 2.45) is 5.92 Å². The molecule has 1 heterocycles. The standard InChI is InChI=1S/C21H24N2O3/c1-4-22(17-8-5-7-15(2)11-17)21(25)16-12-20(24)23(14-16)18-9-6-10-19(13-18)26-3/h5-11,13,16H,4,12,14H2,1-3H3. The number of amides is 2. The summed E-state index contributed by atoms with van der Waals surface area (Å²) in [5, 5.41) is 0. The number of benzene rings is 2. The lowest BCUT2D eigenvalue weighted by atomic mass is 10.1. The Morgan fingerprint density at radius 3 is 2.69 bits per heavy atom. The molecular formula is C21H24N2O3. The molecule has 0 bridgehead atoms. The van der Waals surface area contributed by atoms with Gasteiger partial charge in [0.25, 0.3) is 0 Å². The normalized spacial score (nSPS) is 16.7. The summed E-state index contributed by atoms with van der Waals surface area (Å²) in [6.07, 6.45) is 0.234. The second kappa shape index (κ2) is 7.60. The van der Waals surface area contributed by atoms with Crippen LogP contribution < -0.4 is 14.5 Å². The van der Waals surface area contributed by atoms with Crippen molar-refractivity contribution < 1.29 is 14.3 Å². The van der Waals surface area contributed by atoms with Crippen LogP contribution in [0.2, 0.25) is 0 Å². The molecular weight excluding hydrogens is 328 g/mol. The minimum absolute atomic E-state index is 0.00292. The zero-order valence-electron chi connectivity index (χ0n) is 15.4. The molecule has 1 unspecified atom stereocenters. The van der Waals surface area contributed by atoms with E-state index >= 15 is 0 Å². The highest BCUT2D eigenvalue weighted by atomic mass is 16.5. The van der Waals surface area contributed by atoms with Gasteiger partial charge in [-0.15, -0.1) is 0 Å². The predicted octanol–water partition coefficient (Wildman–Crippen LogP) is 3.41. The van der Waals surface area contributed by atoms with Gasteiger partial charge in [-0.25, -0.2) is 0 Å². The first-order valence-corrected chi connectivity index (χ1v) is 8.86. The Bertz CT molecular complexity index is 818. The average molecular weight is 352 g/mol. The zero-order valence-corrected chi connectivity index (χ0v) is 15.4. The number of carbonyl (C=O) groups is 2. The number of anilines is 2. The van der Waals surface area contributed by atoms with Crippen molar-refractivity contribution in [2.45, 2.75) is 20.3 Å². The zero-order chi connectivity index (χ0) is 18.7. The van der Waals surface area contributed by atoms with Gasteiger partial charge in [0.1, 0.15) is 5.75 Å². The summed E-state index contributed by atoms with van der Waals surface area (Å²) < 4.78 is 5.24. The lowest BCUT2D eigenvalue weighted by molar-refractivity contribution is -0.124. The molecule has 136 valence electrons. The van der Waals surface area contributed by atoms with Crippen molar-refractivity contribution in [3.8, 4) is 5.75 Å². The fourth-order valence-electron chi connectivity index (χ4n) is 3.38. The van der Waals surface area contributed by atoms with Crippen molar-refractivity contribution >= 4 is 23.2 Å². The van der Waals surface area contributed by atoms with Crippen molar-refractivity contribution in [3.63, 3.8) is 0 Å². The molecule has 0 radical (unpaired) electrons. The summed E-state index contributed by atoms with van der Waals surface area (Å²) in [4.78, 5) is 29.0. The van der Waals surface area contributed by atoms with E-state index in [0.29, 0.717) is 18.8 Å². The molecule has 26 heavy (non-hydrogen) atoms. The maximum Gasteiger partial charge on any atom is 0.232 e. The Morgan fingerprint density at radius 2 is 2.00 bits per heavy atom. The second-order valence-corrected chi connectivity index (χ2v) is 6.53. The van der Waals surface area contributed by atoms with Gasteiger partial charge >= 0.3 is 0 Å². The number of hydrogen-bond donors (Lipinski definition) is 0. The maximum absolute atomic E-state index is 13.1. The van der Waals surface area contributed by atoms with E-state index in [1.165, 1.54) is 0 Å². The first-order valence-electron chi connectivity index (χ1n) is 8.86. The van der Waals surface area contributed by atoms with Crippen molar-refractivity contribution in [2.75, 3.05) is 30.0 Å². The summed E-state index contributed by atoms with van der Waals surface area (Å²) in [7, 11) is 1.60. The number of hydrogen-bond acceptors (Lipinski definition) is 3. The number of aryl methyl sites for hydroxylation is 1. The highest BCUT2D eigenvalue weighted by Gasteiger charge is 2.37. The van der Waals surface area contributed by atoms with Gasteiger partial charge < -0.3 is 14.5 Å². The number of methoxy groups -OCH3 is 1. The number of nitrogens with zero attached hydrogens (tertiary/aromatic N) is 2. The van der Waals surface area contributed by atoms with E-state index in [-0.39, 0.29) is 24.2 Å². The van der Waals surface area contributed by atoms with Crippen molar-refractivity contribution in [1.82, 2.24) is 0 Å². The van der Waals surface area contributed by atoms with Crippen LogP contribution in [0.1, 0.15) is 18.9 Å². The van der Waals surface area contributed by atoms with Crippen LogP contribution >= 0.6 is 0 Å². The molecule has 1 saturated heterocycles. The molecule has 2 aromatic rings. The fraction of sp³-hybridized carbons (Fsp3) is 0.333. The lowest BCUT2D eigenvalue weighted by Crippen LogP contribution is -2.37. The molecule has 2 amide bonds.